The van der Waals surface area contributed by atoms with Gasteiger partial charge >= 0.3 is 0 Å². The van der Waals surface area contributed by atoms with Gasteiger partial charge in [-0.05, 0) is 35.1 Å². The Morgan fingerprint density at radius 3 is 2.67 bits per heavy atom. The second kappa shape index (κ2) is 6.02. The molecule has 0 aromatic carbocycles. The van der Waals surface area contributed by atoms with E-state index in [9.17, 15) is 0 Å². The highest BCUT2D eigenvalue weighted by molar-refractivity contribution is 9.11. The van der Waals surface area contributed by atoms with Gasteiger partial charge in [-0.2, -0.15) is 0 Å². The van der Waals surface area contributed by atoms with E-state index in [1.165, 1.54) is 23.7 Å². The highest BCUT2D eigenvalue weighted by atomic mass is 79.9. The Kier molecular flexibility index (Phi) is 5.30. The number of hydrogen-bond acceptors (Lipinski definition) is 2. The van der Waals surface area contributed by atoms with Crippen LogP contribution in [0, 0.1) is 11.3 Å². The van der Waals surface area contributed by atoms with Gasteiger partial charge in [0.15, 0.2) is 0 Å². The second-order valence-electron chi connectivity index (χ2n) is 4.46. The molecule has 1 N–H and O–H groups in total. The lowest BCUT2D eigenvalue weighted by atomic mass is 9.61. The predicted octanol–water partition coefficient (Wildman–Crippen LogP) is 3.63. The summed E-state index contributed by atoms with van der Waals surface area (Å²) < 4.78 is 1.35. The molecule has 1 aliphatic rings. The Balaban J connectivity index is 2.60. The van der Waals surface area contributed by atoms with Crippen molar-refractivity contribution in [3.05, 3.63) is 10.6 Å². The first-order valence-electron chi connectivity index (χ1n) is 5.77. The van der Waals surface area contributed by atoms with Gasteiger partial charge in [-0.25, -0.2) is 5.48 Å². The monoisotopic (exact) mass is 275 g/mol. The van der Waals surface area contributed by atoms with Gasteiger partial charge in [0.1, 0.15) is 0 Å². The Bertz CT molecular complexity index is 224. The predicted molar refractivity (Wildman–Crippen MR) is 67.8 cm³/mol. The number of hydroxylamine groups is 1. The van der Waals surface area contributed by atoms with E-state index in [2.05, 4.69) is 41.3 Å². The highest BCUT2D eigenvalue weighted by Crippen LogP contribution is 2.50. The van der Waals surface area contributed by atoms with Crippen molar-refractivity contribution >= 4 is 15.9 Å². The smallest absolute Gasteiger partial charge is 0.0572 e. The zero-order valence-corrected chi connectivity index (χ0v) is 11.6. The van der Waals surface area contributed by atoms with Crippen molar-refractivity contribution in [3.63, 3.8) is 0 Å². The molecule has 0 heterocycles. The number of rotatable bonds is 6. The molecule has 0 amide bonds. The number of nitrogens with one attached hydrogen (secondary N) is 1. The first-order valence-corrected chi connectivity index (χ1v) is 6.57. The van der Waals surface area contributed by atoms with Crippen LogP contribution in [-0.2, 0) is 4.84 Å². The summed E-state index contributed by atoms with van der Waals surface area (Å²) in [4.78, 5) is 4.98. The molecule has 0 spiro atoms. The normalized spacial score (nSPS) is 22.3. The van der Waals surface area contributed by atoms with E-state index in [1.54, 1.807) is 7.11 Å². The summed E-state index contributed by atoms with van der Waals surface area (Å²) in [5.41, 5.74) is 3.42. The fourth-order valence-electron chi connectivity index (χ4n) is 2.27. The lowest BCUT2D eigenvalue weighted by molar-refractivity contribution is 0.00213. The quantitative estimate of drug-likeness (QED) is 0.748. The van der Waals surface area contributed by atoms with E-state index in [4.69, 9.17) is 4.84 Å². The van der Waals surface area contributed by atoms with Crippen LogP contribution in [0.4, 0.5) is 0 Å². The van der Waals surface area contributed by atoms with Crippen molar-refractivity contribution < 1.29 is 4.84 Å². The number of allylic oxidation sites excluding steroid dienone is 2. The molecule has 2 nitrogen and oxygen atoms in total. The summed E-state index contributed by atoms with van der Waals surface area (Å²) in [7, 11) is 1.69. The average molecular weight is 276 g/mol. The molecule has 15 heavy (non-hydrogen) atoms. The molecule has 1 fully saturated rings. The summed E-state index contributed by atoms with van der Waals surface area (Å²) in [5.74, 6) is 0.592. The van der Waals surface area contributed by atoms with Gasteiger partial charge in [-0.1, -0.05) is 42.3 Å². The molecule has 1 saturated carbocycles. The Morgan fingerprint density at radius 2 is 2.27 bits per heavy atom. The van der Waals surface area contributed by atoms with Crippen molar-refractivity contribution in [2.24, 2.45) is 11.3 Å². The Labute approximate surface area is 102 Å². The molecule has 1 aliphatic carbocycles. The van der Waals surface area contributed by atoms with E-state index in [0.717, 1.165) is 13.0 Å². The van der Waals surface area contributed by atoms with Crippen LogP contribution in [0.5, 0.6) is 0 Å². The fraction of sp³-hybridized carbons (Fsp3) is 0.833. The Hall–Kier alpha value is 0.140. The third-order valence-corrected chi connectivity index (χ3v) is 4.66. The third kappa shape index (κ3) is 3.05. The maximum Gasteiger partial charge on any atom is 0.0572 e. The van der Waals surface area contributed by atoms with E-state index < -0.39 is 0 Å². The summed E-state index contributed by atoms with van der Waals surface area (Å²) in [6, 6.07) is 0. The zero-order valence-electron chi connectivity index (χ0n) is 9.98. The highest BCUT2D eigenvalue weighted by Gasteiger charge is 2.42. The molecule has 1 rings (SSSR count). The minimum atomic E-state index is 0.403. The molecule has 0 aromatic heterocycles. The molecule has 0 saturated heterocycles. The summed E-state index contributed by atoms with van der Waals surface area (Å²) >= 11 is 3.70. The van der Waals surface area contributed by atoms with Crippen LogP contribution in [0.2, 0.25) is 0 Å². The molecule has 0 bridgehead atoms. The van der Waals surface area contributed by atoms with Gasteiger partial charge in [0.05, 0.1) is 7.11 Å². The van der Waals surface area contributed by atoms with Crippen LogP contribution >= 0.6 is 15.9 Å². The second-order valence-corrected chi connectivity index (χ2v) is 5.38. The van der Waals surface area contributed by atoms with Crippen molar-refractivity contribution in [3.8, 4) is 0 Å². The summed E-state index contributed by atoms with van der Waals surface area (Å²) in [6.07, 6.45) is 7.33. The zero-order chi connectivity index (χ0) is 11.3. The fourth-order valence-corrected chi connectivity index (χ4v) is 3.08. The maximum atomic E-state index is 4.98. The van der Waals surface area contributed by atoms with E-state index in [-0.39, 0.29) is 0 Å². The van der Waals surface area contributed by atoms with E-state index in [1.807, 2.05) is 0 Å². The molecule has 3 heteroatoms. The van der Waals surface area contributed by atoms with Crippen LogP contribution in [0.15, 0.2) is 10.6 Å². The minimum Gasteiger partial charge on any atom is -0.305 e. The van der Waals surface area contributed by atoms with Crippen LogP contribution < -0.4 is 5.48 Å². The molecular weight excluding hydrogens is 254 g/mol. The lowest BCUT2D eigenvalue weighted by Crippen LogP contribution is -2.44. The van der Waals surface area contributed by atoms with Gasteiger partial charge in [0.2, 0.25) is 0 Å². The Morgan fingerprint density at radius 1 is 1.60 bits per heavy atom. The van der Waals surface area contributed by atoms with Crippen LogP contribution in [0.25, 0.3) is 0 Å². The van der Waals surface area contributed by atoms with Crippen LogP contribution in [0.1, 0.15) is 39.5 Å². The minimum absolute atomic E-state index is 0.403. The van der Waals surface area contributed by atoms with Crippen molar-refractivity contribution in [2.45, 2.75) is 39.5 Å². The van der Waals surface area contributed by atoms with Crippen molar-refractivity contribution in [2.75, 3.05) is 13.7 Å². The van der Waals surface area contributed by atoms with Gasteiger partial charge < -0.3 is 4.84 Å². The van der Waals surface area contributed by atoms with Crippen molar-refractivity contribution in [1.29, 1.82) is 0 Å². The van der Waals surface area contributed by atoms with E-state index in [0.29, 0.717) is 11.3 Å². The molecular formula is C12H22BrNO. The SMILES string of the molecule is CC/C=C(/Br)C(C)C1(CNOC)CCC1. The van der Waals surface area contributed by atoms with Gasteiger partial charge in [-0.15, -0.1) is 0 Å². The first-order chi connectivity index (χ1) is 7.16. The number of halogens is 1. The number of hydrogen-bond donors (Lipinski definition) is 1. The van der Waals surface area contributed by atoms with Crippen LogP contribution in [-0.4, -0.2) is 13.7 Å². The molecule has 1 unspecified atom stereocenters. The van der Waals surface area contributed by atoms with Crippen molar-refractivity contribution in [1.82, 2.24) is 5.48 Å². The summed E-state index contributed by atoms with van der Waals surface area (Å²) in [5, 5.41) is 0. The van der Waals surface area contributed by atoms with E-state index >= 15 is 0 Å². The maximum absolute atomic E-state index is 4.98. The molecule has 0 radical (unpaired) electrons. The molecule has 0 aliphatic heterocycles. The van der Waals surface area contributed by atoms with Gasteiger partial charge in [0, 0.05) is 6.54 Å². The largest absolute Gasteiger partial charge is 0.305 e. The third-order valence-electron chi connectivity index (χ3n) is 3.65. The van der Waals surface area contributed by atoms with Gasteiger partial charge in [0.25, 0.3) is 0 Å². The topological polar surface area (TPSA) is 21.3 Å². The molecule has 0 aromatic rings. The first kappa shape index (κ1) is 13.2. The molecule has 88 valence electrons. The van der Waals surface area contributed by atoms with Gasteiger partial charge in [-0.3, -0.25) is 0 Å². The average Bonchev–Trinajstić information content (AvgIpc) is 2.16. The standard InChI is InChI=1S/C12H22BrNO/c1-4-6-11(13)10(2)12(7-5-8-12)9-14-15-3/h6,10,14H,4-5,7-9H2,1-3H3/b11-6+. The lowest BCUT2D eigenvalue weighted by Gasteiger charge is -2.46. The molecule has 1 atom stereocenters. The van der Waals surface area contributed by atoms with Crippen LogP contribution in [0.3, 0.4) is 0 Å². The summed E-state index contributed by atoms with van der Waals surface area (Å²) in [6.45, 7) is 5.44.